The van der Waals surface area contributed by atoms with E-state index in [1.807, 2.05) is 0 Å². The number of carbonyl (C=O) groups is 1. The van der Waals surface area contributed by atoms with Crippen molar-refractivity contribution in [1.82, 2.24) is 4.90 Å². The predicted molar refractivity (Wildman–Crippen MR) is 59.1 cm³/mol. The van der Waals surface area contributed by atoms with Crippen LogP contribution in [-0.4, -0.2) is 25.3 Å². The first-order valence-electron chi connectivity index (χ1n) is 4.34. The Morgan fingerprint density at radius 1 is 1.47 bits per heavy atom. The van der Waals surface area contributed by atoms with Gasteiger partial charge in [-0.1, -0.05) is 17.7 Å². The van der Waals surface area contributed by atoms with Crippen molar-refractivity contribution in [3.8, 4) is 0 Å². The molecule has 0 radical (unpaired) electrons. The van der Waals surface area contributed by atoms with Crippen molar-refractivity contribution >= 4 is 23.6 Å². The van der Waals surface area contributed by atoms with Gasteiger partial charge in [0.2, 0.25) is 0 Å². The van der Waals surface area contributed by atoms with E-state index in [-0.39, 0.29) is 5.02 Å². The summed E-state index contributed by atoms with van der Waals surface area (Å²) in [6.07, 6.45) is 2.05. The molecule has 0 spiro atoms. The highest BCUT2D eigenvalue weighted by Gasteiger charge is 2.06. The number of halogens is 2. The number of hydrogen-bond donors (Lipinski definition) is 0. The Morgan fingerprint density at radius 2 is 2.13 bits per heavy atom. The van der Waals surface area contributed by atoms with Crippen molar-refractivity contribution in [1.29, 1.82) is 0 Å². The van der Waals surface area contributed by atoms with Crippen molar-refractivity contribution in [2.75, 3.05) is 14.1 Å². The van der Waals surface area contributed by atoms with Crippen LogP contribution in [-0.2, 0) is 4.79 Å². The molecule has 0 heterocycles. The van der Waals surface area contributed by atoms with E-state index < -0.39 is 5.82 Å². The molecule has 1 aromatic carbocycles. The molecule has 15 heavy (non-hydrogen) atoms. The van der Waals surface area contributed by atoms with Crippen LogP contribution in [0.3, 0.4) is 0 Å². The molecule has 1 aromatic rings. The van der Waals surface area contributed by atoms with Crippen molar-refractivity contribution in [2.45, 2.75) is 0 Å². The third-order valence-electron chi connectivity index (χ3n) is 1.92. The highest BCUT2D eigenvalue weighted by Crippen LogP contribution is 2.21. The van der Waals surface area contributed by atoms with Gasteiger partial charge in [0.25, 0.3) is 0 Å². The third-order valence-corrected chi connectivity index (χ3v) is 2.23. The van der Waals surface area contributed by atoms with Gasteiger partial charge in [0.05, 0.1) is 5.02 Å². The number of nitrogens with zero attached hydrogens (tertiary/aromatic N) is 1. The van der Waals surface area contributed by atoms with E-state index in [0.29, 0.717) is 17.5 Å². The Labute approximate surface area is 93.0 Å². The molecule has 0 N–H and O–H groups in total. The highest BCUT2D eigenvalue weighted by molar-refractivity contribution is 6.30. The van der Waals surface area contributed by atoms with Gasteiger partial charge in [-0.05, 0) is 12.1 Å². The molecule has 0 bridgehead atoms. The number of aldehydes is 1. The van der Waals surface area contributed by atoms with E-state index in [1.165, 1.54) is 18.2 Å². The molecule has 0 saturated heterocycles. The molecule has 0 atom stereocenters. The van der Waals surface area contributed by atoms with Crippen molar-refractivity contribution in [2.24, 2.45) is 0 Å². The third kappa shape index (κ3) is 2.80. The maximum atomic E-state index is 13.2. The fraction of sp³-hybridized carbons (Fsp3) is 0.182. The molecule has 0 aliphatic rings. The minimum atomic E-state index is -0.493. The molecule has 0 aromatic heterocycles. The summed E-state index contributed by atoms with van der Waals surface area (Å²) < 4.78 is 13.2. The Balaban J connectivity index is 3.18. The molecule has 0 aliphatic carbocycles. The lowest BCUT2D eigenvalue weighted by atomic mass is 10.1. The van der Waals surface area contributed by atoms with Crippen molar-refractivity contribution in [3.05, 3.63) is 40.7 Å². The van der Waals surface area contributed by atoms with Crippen LogP contribution in [0, 0.1) is 5.82 Å². The molecule has 0 aliphatic heterocycles. The molecule has 1 rings (SSSR count). The lowest BCUT2D eigenvalue weighted by Gasteiger charge is -2.16. The van der Waals surface area contributed by atoms with E-state index in [0.717, 1.165) is 0 Å². The number of hydrogen-bond acceptors (Lipinski definition) is 2. The second-order valence-electron chi connectivity index (χ2n) is 3.21. The van der Waals surface area contributed by atoms with Crippen LogP contribution < -0.4 is 0 Å². The van der Waals surface area contributed by atoms with Gasteiger partial charge >= 0.3 is 0 Å². The summed E-state index contributed by atoms with van der Waals surface area (Å²) in [5.41, 5.74) is 1.26. The number of benzene rings is 1. The summed E-state index contributed by atoms with van der Waals surface area (Å²) in [7, 11) is 3.56. The quantitative estimate of drug-likeness (QED) is 0.584. The largest absolute Gasteiger partial charge is 0.377 e. The van der Waals surface area contributed by atoms with E-state index in [2.05, 4.69) is 0 Å². The van der Waals surface area contributed by atoms with E-state index in [9.17, 15) is 9.18 Å². The standard InChI is InChI=1S/C11H11ClFNO/c1-14(2)11(5-6-15)8-3-4-9(12)10(13)7-8/h3-7H,1-2H3/b11-5+. The van der Waals surface area contributed by atoms with Gasteiger partial charge in [0, 0.05) is 31.4 Å². The molecule has 4 heteroatoms. The normalized spacial score (nSPS) is 11.3. The molecular weight excluding hydrogens is 217 g/mol. The second kappa shape index (κ2) is 4.94. The van der Waals surface area contributed by atoms with Gasteiger partial charge in [-0.25, -0.2) is 4.39 Å². The zero-order chi connectivity index (χ0) is 11.4. The van der Waals surface area contributed by atoms with Gasteiger partial charge < -0.3 is 4.90 Å². The first-order chi connectivity index (χ1) is 7.06. The fourth-order valence-electron chi connectivity index (χ4n) is 1.22. The second-order valence-corrected chi connectivity index (χ2v) is 3.62. The number of rotatable bonds is 3. The monoisotopic (exact) mass is 227 g/mol. The lowest BCUT2D eigenvalue weighted by Crippen LogP contribution is -2.10. The summed E-state index contributed by atoms with van der Waals surface area (Å²) >= 11 is 5.56. The molecule has 0 saturated carbocycles. The Bertz CT molecular complexity index is 402. The van der Waals surface area contributed by atoms with Crippen LogP contribution in [0.5, 0.6) is 0 Å². The Morgan fingerprint density at radius 3 is 2.60 bits per heavy atom. The van der Waals surface area contributed by atoms with Crippen molar-refractivity contribution < 1.29 is 9.18 Å². The van der Waals surface area contributed by atoms with Crippen LogP contribution in [0.1, 0.15) is 5.56 Å². The molecule has 80 valence electrons. The zero-order valence-corrected chi connectivity index (χ0v) is 9.25. The predicted octanol–water partition coefficient (Wildman–Crippen LogP) is 2.58. The van der Waals surface area contributed by atoms with Crippen LogP contribution in [0.4, 0.5) is 4.39 Å². The summed E-state index contributed by atoms with van der Waals surface area (Å²) in [4.78, 5) is 12.2. The average Bonchev–Trinajstić information content (AvgIpc) is 2.18. The summed E-state index contributed by atoms with van der Waals surface area (Å²) in [5.74, 6) is -0.493. The summed E-state index contributed by atoms with van der Waals surface area (Å²) in [5, 5.41) is 0.0722. The Kier molecular flexibility index (Phi) is 3.86. The topological polar surface area (TPSA) is 20.3 Å². The van der Waals surface area contributed by atoms with Gasteiger partial charge in [-0.3, -0.25) is 4.79 Å². The van der Waals surface area contributed by atoms with Gasteiger partial charge in [-0.2, -0.15) is 0 Å². The van der Waals surface area contributed by atoms with Crippen LogP contribution in [0.2, 0.25) is 5.02 Å². The van der Waals surface area contributed by atoms with Gasteiger partial charge in [0.1, 0.15) is 12.1 Å². The van der Waals surface area contributed by atoms with Crippen molar-refractivity contribution in [3.63, 3.8) is 0 Å². The maximum Gasteiger partial charge on any atom is 0.144 e. The maximum absolute atomic E-state index is 13.2. The fourth-order valence-corrected chi connectivity index (χ4v) is 1.34. The highest BCUT2D eigenvalue weighted by atomic mass is 35.5. The minimum absolute atomic E-state index is 0.0722. The molecule has 0 unspecified atom stereocenters. The van der Waals surface area contributed by atoms with Gasteiger partial charge in [-0.15, -0.1) is 0 Å². The summed E-state index contributed by atoms with van der Waals surface area (Å²) in [6.45, 7) is 0. The van der Waals surface area contributed by atoms with Crippen LogP contribution in [0.15, 0.2) is 24.3 Å². The number of carbonyl (C=O) groups excluding carboxylic acids is 1. The summed E-state index contributed by atoms with van der Waals surface area (Å²) in [6, 6.07) is 4.44. The van der Waals surface area contributed by atoms with E-state index in [4.69, 9.17) is 11.6 Å². The minimum Gasteiger partial charge on any atom is -0.377 e. The molecule has 0 fully saturated rings. The van der Waals surface area contributed by atoms with Gasteiger partial charge in [0.15, 0.2) is 0 Å². The zero-order valence-electron chi connectivity index (χ0n) is 8.50. The average molecular weight is 228 g/mol. The van der Waals surface area contributed by atoms with E-state index >= 15 is 0 Å². The molecule has 0 amide bonds. The smallest absolute Gasteiger partial charge is 0.144 e. The lowest BCUT2D eigenvalue weighted by molar-refractivity contribution is -0.104. The molecule has 2 nitrogen and oxygen atoms in total. The first-order valence-corrected chi connectivity index (χ1v) is 4.72. The number of allylic oxidation sites excluding steroid dienone is 1. The molecular formula is C11H11ClFNO. The van der Waals surface area contributed by atoms with E-state index in [1.54, 1.807) is 25.1 Å². The first kappa shape index (κ1) is 11.7. The Hall–Kier alpha value is -1.35. The van der Waals surface area contributed by atoms with Crippen LogP contribution in [0.25, 0.3) is 5.70 Å². The van der Waals surface area contributed by atoms with Crippen LogP contribution >= 0.6 is 11.6 Å². The SMILES string of the molecule is CN(C)/C(=C/C=O)c1ccc(Cl)c(F)c1.